The lowest BCUT2D eigenvalue weighted by atomic mass is 9.89. The number of nitrogens with one attached hydrogen (secondary N) is 1. The van der Waals surface area contributed by atoms with Gasteiger partial charge in [-0.25, -0.2) is 0 Å². The van der Waals surface area contributed by atoms with Crippen LogP contribution >= 0.6 is 0 Å². The molecule has 0 radical (unpaired) electrons. The monoisotopic (exact) mass is 368 g/mol. The number of fused-ring (bicyclic) bond motifs is 2. The number of H-pyrrole nitrogens is 1. The molecule has 1 aromatic heterocycles. The van der Waals surface area contributed by atoms with E-state index in [4.69, 9.17) is 0 Å². The average molecular weight is 368 g/mol. The molecule has 0 aliphatic carbocycles. The average Bonchev–Trinajstić information content (AvgIpc) is 3.18. The van der Waals surface area contributed by atoms with Gasteiger partial charge in [0.05, 0.1) is 6.42 Å². The van der Waals surface area contributed by atoms with E-state index in [9.17, 15) is 4.79 Å². The minimum atomic E-state index is 0.243. The van der Waals surface area contributed by atoms with Gasteiger partial charge in [0, 0.05) is 30.2 Å². The summed E-state index contributed by atoms with van der Waals surface area (Å²) in [6, 6.07) is 23.1. The number of para-hydroxylation sites is 1. The zero-order valence-electron chi connectivity index (χ0n) is 15.9. The van der Waals surface area contributed by atoms with Crippen molar-refractivity contribution in [1.29, 1.82) is 0 Å². The fraction of sp³-hybridized carbons (Fsp3) is 0.240. The van der Waals surface area contributed by atoms with E-state index < -0.39 is 0 Å². The van der Waals surface area contributed by atoms with Crippen molar-refractivity contribution in [3.63, 3.8) is 0 Å². The molecule has 140 valence electrons. The topological polar surface area (TPSA) is 36.1 Å². The molecular formula is C25H24N2O. The molecule has 3 nitrogen and oxygen atoms in total. The lowest BCUT2D eigenvalue weighted by Gasteiger charge is -2.32. The van der Waals surface area contributed by atoms with Crippen LogP contribution in [0.4, 0.5) is 0 Å². The van der Waals surface area contributed by atoms with E-state index in [0.717, 1.165) is 31.5 Å². The van der Waals surface area contributed by atoms with Crippen LogP contribution in [-0.2, 0) is 11.2 Å². The van der Waals surface area contributed by atoms with Gasteiger partial charge in [-0.1, -0.05) is 60.7 Å². The summed E-state index contributed by atoms with van der Waals surface area (Å²) in [6.07, 6.45) is 4.71. The van der Waals surface area contributed by atoms with Crippen molar-refractivity contribution in [3.8, 4) is 0 Å². The van der Waals surface area contributed by atoms with E-state index in [1.54, 1.807) is 0 Å². The molecule has 1 aliphatic rings. The van der Waals surface area contributed by atoms with Crippen LogP contribution in [0.15, 0.2) is 72.9 Å². The zero-order chi connectivity index (χ0) is 18.9. The quantitative estimate of drug-likeness (QED) is 0.525. The fourth-order valence-corrected chi connectivity index (χ4v) is 4.51. The number of likely N-dealkylation sites (tertiary alicyclic amines) is 1. The molecule has 3 heteroatoms. The van der Waals surface area contributed by atoms with Gasteiger partial charge in [0.1, 0.15) is 0 Å². The molecule has 28 heavy (non-hydrogen) atoms. The summed E-state index contributed by atoms with van der Waals surface area (Å²) in [5.74, 6) is 0.772. The molecule has 1 fully saturated rings. The lowest BCUT2D eigenvalue weighted by molar-refractivity contribution is -0.131. The molecular weight excluding hydrogens is 344 g/mol. The van der Waals surface area contributed by atoms with E-state index in [1.165, 1.54) is 27.2 Å². The Morgan fingerprint density at radius 3 is 2.54 bits per heavy atom. The van der Waals surface area contributed by atoms with Crippen LogP contribution in [0, 0.1) is 0 Å². The van der Waals surface area contributed by atoms with E-state index in [-0.39, 0.29) is 5.91 Å². The number of hydrogen-bond donors (Lipinski definition) is 1. The molecule has 0 atom stereocenters. The number of carbonyl (C=O) groups is 1. The van der Waals surface area contributed by atoms with Gasteiger partial charge in [-0.15, -0.1) is 0 Å². The number of rotatable bonds is 3. The summed E-state index contributed by atoms with van der Waals surface area (Å²) < 4.78 is 0. The molecule has 5 rings (SSSR count). The van der Waals surface area contributed by atoms with E-state index in [1.807, 2.05) is 17.0 Å². The molecule has 1 aliphatic heterocycles. The normalized spacial score (nSPS) is 15.4. The number of amides is 1. The first-order valence-electron chi connectivity index (χ1n) is 10.1. The van der Waals surface area contributed by atoms with Crippen molar-refractivity contribution >= 4 is 27.6 Å². The Labute approximate surface area is 165 Å². The number of aromatic amines is 1. The van der Waals surface area contributed by atoms with Crippen LogP contribution in [0.25, 0.3) is 21.7 Å². The number of carbonyl (C=O) groups excluding carboxylic acids is 1. The van der Waals surface area contributed by atoms with Crippen molar-refractivity contribution in [3.05, 3.63) is 84.1 Å². The van der Waals surface area contributed by atoms with Crippen LogP contribution < -0.4 is 0 Å². The molecule has 2 heterocycles. The maximum Gasteiger partial charge on any atom is 0.226 e. The van der Waals surface area contributed by atoms with Gasteiger partial charge in [0.2, 0.25) is 5.91 Å². The summed E-state index contributed by atoms with van der Waals surface area (Å²) in [5.41, 5.74) is 3.70. The van der Waals surface area contributed by atoms with E-state index in [0.29, 0.717) is 12.3 Å². The smallest absolute Gasteiger partial charge is 0.226 e. The van der Waals surface area contributed by atoms with Crippen LogP contribution in [0.1, 0.15) is 29.9 Å². The van der Waals surface area contributed by atoms with Gasteiger partial charge in [-0.05, 0) is 46.7 Å². The van der Waals surface area contributed by atoms with Gasteiger partial charge >= 0.3 is 0 Å². The Morgan fingerprint density at radius 2 is 1.68 bits per heavy atom. The highest BCUT2D eigenvalue weighted by molar-refractivity contribution is 5.86. The van der Waals surface area contributed by atoms with Crippen LogP contribution in [-0.4, -0.2) is 28.9 Å². The largest absolute Gasteiger partial charge is 0.361 e. The maximum absolute atomic E-state index is 12.8. The summed E-state index contributed by atoms with van der Waals surface area (Å²) in [6.45, 7) is 1.69. The van der Waals surface area contributed by atoms with Crippen molar-refractivity contribution in [2.45, 2.75) is 25.2 Å². The summed E-state index contributed by atoms with van der Waals surface area (Å²) in [7, 11) is 0. The Bertz CT molecular complexity index is 1140. The molecule has 1 saturated heterocycles. The minimum absolute atomic E-state index is 0.243. The lowest BCUT2D eigenvalue weighted by Crippen LogP contribution is -2.38. The van der Waals surface area contributed by atoms with Gasteiger partial charge in [0.15, 0.2) is 0 Å². The molecule has 0 saturated carbocycles. The molecule has 4 aromatic rings. The maximum atomic E-state index is 12.8. The summed E-state index contributed by atoms with van der Waals surface area (Å²) in [4.78, 5) is 18.3. The second-order valence-corrected chi connectivity index (χ2v) is 7.80. The van der Waals surface area contributed by atoms with E-state index in [2.05, 4.69) is 65.8 Å². The predicted octanol–water partition coefficient (Wildman–Crippen LogP) is 5.27. The van der Waals surface area contributed by atoms with Crippen molar-refractivity contribution < 1.29 is 4.79 Å². The van der Waals surface area contributed by atoms with Gasteiger partial charge in [-0.2, -0.15) is 0 Å². The van der Waals surface area contributed by atoms with Crippen LogP contribution in [0.5, 0.6) is 0 Å². The first-order valence-corrected chi connectivity index (χ1v) is 10.1. The molecule has 1 N–H and O–H groups in total. The van der Waals surface area contributed by atoms with Gasteiger partial charge in [0.25, 0.3) is 0 Å². The number of nitrogens with zero attached hydrogens (tertiary/aromatic N) is 1. The second kappa shape index (κ2) is 7.16. The molecule has 1 amide bonds. The van der Waals surface area contributed by atoms with Crippen LogP contribution in [0.2, 0.25) is 0 Å². The predicted molar refractivity (Wildman–Crippen MR) is 115 cm³/mol. The fourth-order valence-electron chi connectivity index (χ4n) is 4.51. The molecule has 3 aromatic carbocycles. The minimum Gasteiger partial charge on any atom is -0.361 e. The number of piperidine rings is 1. The molecule has 0 unspecified atom stereocenters. The third kappa shape index (κ3) is 3.18. The zero-order valence-corrected chi connectivity index (χ0v) is 15.9. The SMILES string of the molecule is O=C(Cc1ccc2ccccc2c1)N1CCC(c2c[nH]c3ccccc23)CC1. The summed E-state index contributed by atoms with van der Waals surface area (Å²) in [5, 5.41) is 3.74. The third-order valence-corrected chi connectivity index (χ3v) is 6.08. The number of benzene rings is 3. The highest BCUT2D eigenvalue weighted by Crippen LogP contribution is 2.33. The van der Waals surface area contributed by atoms with Crippen molar-refractivity contribution in [1.82, 2.24) is 9.88 Å². The highest BCUT2D eigenvalue weighted by Gasteiger charge is 2.25. The summed E-state index contributed by atoms with van der Waals surface area (Å²) >= 11 is 0. The third-order valence-electron chi connectivity index (χ3n) is 6.08. The van der Waals surface area contributed by atoms with Crippen molar-refractivity contribution in [2.24, 2.45) is 0 Å². The molecule has 0 spiro atoms. The van der Waals surface area contributed by atoms with Gasteiger partial charge < -0.3 is 9.88 Å². The highest BCUT2D eigenvalue weighted by atomic mass is 16.2. The number of aromatic nitrogens is 1. The second-order valence-electron chi connectivity index (χ2n) is 7.80. The Kier molecular flexibility index (Phi) is 4.36. The first kappa shape index (κ1) is 17.1. The Hall–Kier alpha value is -3.07. The van der Waals surface area contributed by atoms with Crippen LogP contribution in [0.3, 0.4) is 0 Å². The standard InChI is InChI=1S/C25H24N2O/c28-25(16-18-9-10-19-5-1-2-6-21(19)15-18)27-13-11-20(12-14-27)23-17-26-24-8-4-3-7-22(23)24/h1-10,15,17,20,26H,11-14,16H2. The van der Waals surface area contributed by atoms with Crippen molar-refractivity contribution in [2.75, 3.05) is 13.1 Å². The Balaban J connectivity index is 1.25. The van der Waals surface area contributed by atoms with E-state index >= 15 is 0 Å². The Morgan fingerprint density at radius 1 is 0.929 bits per heavy atom. The molecule has 0 bridgehead atoms. The first-order chi connectivity index (χ1) is 13.8. The number of hydrogen-bond acceptors (Lipinski definition) is 1. The van der Waals surface area contributed by atoms with Gasteiger partial charge in [-0.3, -0.25) is 4.79 Å².